The molecule has 0 fully saturated rings. The Morgan fingerprint density at radius 3 is 2.56 bits per heavy atom. The lowest BCUT2D eigenvalue weighted by Gasteiger charge is -2.17. The van der Waals surface area contributed by atoms with Crippen molar-refractivity contribution in [2.24, 2.45) is 0 Å². The first-order valence-corrected chi connectivity index (χ1v) is 10.0. The summed E-state index contributed by atoms with van der Waals surface area (Å²) in [5.41, 5.74) is 2.72. The number of aromatic nitrogens is 3. The maximum Gasteiger partial charge on any atom is 0.232 e. The Hall–Kier alpha value is -1.99. The van der Waals surface area contributed by atoms with E-state index in [2.05, 4.69) is 15.2 Å². The number of aryl methyl sites for hydroxylation is 1. The van der Waals surface area contributed by atoms with E-state index in [4.69, 9.17) is 0 Å². The maximum atomic E-state index is 12.2. The van der Waals surface area contributed by atoms with E-state index in [0.29, 0.717) is 5.75 Å². The number of carbonyl (C=O) groups is 1. The van der Waals surface area contributed by atoms with E-state index in [-0.39, 0.29) is 5.91 Å². The van der Waals surface area contributed by atoms with Crippen LogP contribution in [0.1, 0.15) is 18.9 Å². The van der Waals surface area contributed by atoms with Crippen molar-refractivity contribution < 1.29 is 4.79 Å². The quantitative estimate of drug-likeness (QED) is 0.612. The Bertz CT molecular complexity index is 875. The summed E-state index contributed by atoms with van der Waals surface area (Å²) in [6, 6.07) is 10.0. The molecule has 0 aliphatic heterocycles. The lowest BCUT2D eigenvalue weighted by molar-refractivity contribution is -0.127. The van der Waals surface area contributed by atoms with Crippen molar-refractivity contribution in [3.63, 3.8) is 0 Å². The number of amides is 1. The second kappa shape index (κ2) is 7.93. The van der Waals surface area contributed by atoms with E-state index in [1.165, 1.54) is 11.8 Å². The van der Waals surface area contributed by atoms with Gasteiger partial charge in [-0.25, -0.2) is 4.98 Å². The molecule has 0 aliphatic rings. The SMILES string of the molecule is CCN(CC)C(=O)CSc1nnc(-c2ccccc2)c2sc(C)nc12. The van der Waals surface area contributed by atoms with E-state index in [1.54, 1.807) is 11.3 Å². The molecule has 3 rings (SSSR count). The van der Waals surface area contributed by atoms with Gasteiger partial charge in [-0.1, -0.05) is 42.1 Å². The predicted molar refractivity (Wildman–Crippen MR) is 104 cm³/mol. The van der Waals surface area contributed by atoms with Crippen LogP contribution in [0.2, 0.25) is 0 Å². The molecule has 0 bridgehead atoms. The lowest BCUT2D eigenvalue weighted by Crippen LogP contribution is -2.31. The zero-order chi connectivity index (χ0) is 17.8. The number of nitrogens with zero attached hydrogens (tertiary/aromatic N) is 4. The highest BCUT2D eigenvalue weighted by molar-refractivity contribution is 8.00. The van der Waals surface area contributed by atoms with Gasteiger partial charge in [0.2, 0.25) is 5.91 Å². The zero-order valence-electron chi connectivity index (χ0n) is 14.5. The van der Waals surface area contributed by atoms with Crippen molar-refractivity contribution in [1.29, 1.82) is 0 Å². The van der Waals surface area contributed by atoms with Gasteiger partial charge in [0.1, 0.15) is 16.2 Å². The Morgan fingerprint density at radius 2 is 1.88 bits per heavy atom. The van der Waals surface area contributed by atoms with Crippen molar-refractivity contribution in [2.75, 3.05) is 18.8 Å². The minimum atomic E-state index is 0.115. The van der Waals surface area contributed by atoms with Gasteiger partial charge in [-0.3, -0.25) is 4.79 Å². The highest BCUT2D eigenvalue weighted by Gasteiger charge is 2.17. The highest BCUT2D eigenvalue weighted by atomic mass is 32.2. The predicted octanol–water partition coefficient (Wildman–Crippen LogP) is 4.02. The number of fused-ring (bicyclic) bond motifs is 1. The van der Waals surface area contributed by atoms with Crippen LogP contribution in [-0.4, -0.2) is 44.8 Å². The van der Waals surface area contributed by atoms with Crippen LogP contribution in [0.4, 0.5) is 0 Å². The zero-order valence-corrected chi connectivity index (χ0v) is 16.2. The molecule has 0 radical (unpaired) electrons. The van der Waals surface area contributed by atoms with Crippen molar-refractivity contribution in [3.05, 3.63) is 35.3 Å². The second-order valence-electron chi connectivity index (χ2n) is 5.49. The van der Waals surface area contributed by atoms with Gasteiger partial charge < -0.3 is 4.90 Å². The molecule has 3 aromatic rings. The Labute approximate surface area is 155 Å². The summed E-state index contributed by atoms with van der Waals surface area (Å²) in [5.74, 6) is 0.469. The summed E-state index contributed by atoms with van der Waals surface area (Å²) in [4.78, 5) is 18.7. The van der Waals surface area contributed by atoms with Gasteiger partial charge in [0.25, 0.3) is 0 Å². The first kappa shape index (κ1) is 17.8. The van der Waals surface area contributed by atoms with Gasteiger partial charge in [0.05, 0.1) is 15.5 Å². The maximum absolute atomic E-state index is 12.2. The van der Waals surface area contributed by atoms with Crippen molar-refractivity contribution in [3.8, 4) is 11.3 Å². The first-order valence-electron chi connectivity index (χ1n) is 8.23. The van der Waals surface area contributed by atoms with Crippen molar-refractivity contribution >= 4 is 39.2 Å². The molecule has 0 spiro atoms. The standard InChI is InChI=1S/C18H20N4OS2/c1-4-22(5-2)14(23)11-24-18-16-17(25-12(3)19-16)15(20-21-18)13-9-7-6-8-10-13/h6-10H,4-5,11H2,1-3H3. The monoisotopic (exact) mass is 372 g/mol. The molecule has 0 saturated heterocycles. The molecule has 2 aromatic heterocycles. The number of rotatable bonds is 6. The number of hydrogen-bond donors (Lipinski definition) is 0. The Kier molecular flexibility index (Phi) is 5.65. The van der Waals surface area contributed by atoms with Crippen LogP contribution in [0.3, 0.4) is 0 Å². The van der Waals surface area contributed by atoms with Crippen LogP contribution in [0.15, 0.2) is 35.4 Å². The van der Waals surface area contributed by atoms with Gasteiger partial charge in [0.15, 0.2) is 0 Å². The molecule has 2 heterocycles. The van der Waals surface area contributed by atoms with Crippen LogP contribution in [-0.2, 0) is 4.79 Å². The van der Waals surface area contributed by atoms with Gasteiger partial charge in [-0.05, 0) is 20.8 Å². The summed E-state index contributed by atoms with van der Waals surface area (Å²) < 4.78 is 1.02. The smallest absolute Gasteiger partial charge is 0.232 e. The summed E-state index contributed by atoms with van der Waals surface area (Å²) in [7, 11) is 0. The van der Waals surface area contributed by atoms with Gasteiger partial charge in [-0.15, -0.1) is 21.5 Å². The van der Waals surface area contributed by atoms with E-state index in [1.807, 2.05) is 56.0 Å². The summed E-state index contributed by atoms with van der Waals surface area (Å²) >= 11 is 3.03. The molecular formula is C18H20N4OS2. The third-order valence-corrected chi connectivity index (χ3v) is 5.81. The number of thiazole rings is 1. The molecule has 0 atom stereocenters. The van der Waals surface area contributed by atoms with Crippen LogP contribution in [0, 0.1) is 6.92 Å². The summed E-state index contributed by atoms with van der Waals surface area (Å²) in [5, 5.41) is 10.5. The third-order valence-electron chi connectivity index (χ3n) is 3.89. The highest BCUT2D eigenvalue weighted by Crippen LogP contribution is 2.35. The fraction of sp³-hybridized carbons (Fsp3) is 0.333. The second-order valence-corrected chi connectivity index (χ2v) is 7.65. The van der Waals surface area contributed by atoms with E-state index < -0.39 is 0 Å². The average Bonchev–Trinajstić information content (AvgIpc) is 3.03. The van der Waals surface area contributed by atoms with Crippen molar-refractivity contribution in [1.82, 2.24) is 20.1 Å². The molecule has 7 heteroatoms. The fourth-order valence-electron chi connectivity index (χ4n) is 2.60. The van der Waals surface area contributed by atoms with Gasteiger partial charge in [0, 0.05) is 18.7 Å². The van der Waals surface area contributed by atoms with E-state index in [0.717, 1.165) is 44.6 Å². The van der Waals surface area contributed by atoms with E-state index in [9.17, 15) is 4.79 Å². The topological polar surface area (TPSA) is 59.0 Å². The van der Waals surface area contributed by atoms with Crippen LogP contribution in [0.25, 0.3) is 21.5 Å². The summed E-state index contributed by atoms with van der Waals surface area (Å²) in [6.45, 7) is 7.40. The van der Waals surface area contributed by atoms with Crippen LogP contribution < -0.4 is 0 Å². The van der Waals surface area contributed by atoms with Gasteiger partial charge in [-0.2, -0.15) is 0 Å². The first-order chi connectivity index (χ1) is 12.1. The molecule has 1 amide bonds. The number of benzene rings is 1. The normalized spacial score (nSPS) is 11.0. The minimum absolute atomic E-state index is 0.115. The molecular weight excluding hydrogens is 352 g/mol. The molecule has 5 nitrogen and oxygen atoms in total. The van der Waals surface area contributed by atoms with E-state index >= 15 is 0 Å². The van der Waals surface area contributed by atoms with Crippen LogP contribution >= 0.6 is 23.1 Å². The molecule has 1 aromatic carbocycles. The average molecular weight is 373 g/mol. The number of hydrogen-bond acceptors (Lipinski definition) is 6. The lowest BCUT2D eigenvalue weighted by atomic mass is 10.1. The number of carbonyl (C=O) groups excluding carboxylic acids is 1. The molecule has 0 saturated carbocycles. The van der Waals surface area contributed by atoms with Gasteiger partial charge >= 0.3 is 0 Å². The molecule has 130 valence electrons. The largest absolute Gasteiger partial charge is 0.343 e. The Morgan fingerprint density at radius 1 is 1.16 bits per heavy atom. The fourth-order valence-corrected chi connectivity index (χ4v) is 4.42. The molecule has 0 unspecified atom stereocenters. The van der Waals surface area contributed by atoms with Crippen molar-refractivity contribution in [2.45, 2.75) is 25.8 Å². The molecule has 25 heavy (non-hydrogen) atoms. The third kappa shape index (κ3) is 3.82. The minimum Gasteiger partial charge on any atom is -0.343 e. The van der Waals surface area contributed by atoms with Crippen LogP contribution in [0.5, 0.6) is 0 Å². The molecule has 0 N–H and O–H groups in total. The summed E-state index contributed by atoms with van der Waals surface area (Å²) in [6.07, 6.45) is 0. The molecule has 0 aliphatic carbocycles. The number of thioether (sulfide) groups is 1. The Balaban J connectivity index is 1.92.